The molecular weight excluding hydrogens is 340 g/mol. The molecule has 0 saturated carbocycles. The van der Waals surface area contributed by atoms with Crippen molar-refractivity contribution in [3.05, 3.63) is 35.7 Å². The third kappa shape index (κ3) is 7.03. The molecule has 0 N–H and O–H groups in total. The van der Waals surface area contributed by atoms with E-state index in [4.69, 9.17) is 0 Å². The van der Waals surface area contributed by atoms with Crippen LogP contribution in [-0.2, 0) is 0 Å². The van der Waals surface area contributed by atoms with Crippen molar-refractivity contribution >= 4 is 6.21 Å². The van der Waals surface area contributed by atoms with Crippen molar-refractivity contribution in [2.75, 3.05) is 27.7 Å². The maximum Gasteiger partial charge on any atom is 0.181 e. The second-order valence-electron chi connectivity index (χ2n) is 9.61. The van der Waals surface area contributed by atoms with Gasteiger partial charge in [0.25, 0.3) is 0 Å². The highest BCUT2D eigenvalue weighted by atomic mass is 15.3. The Morgan fingerprint density at radius 1 is 1.00 bits per heavy atom. The molecule has 0 radical (unpaired) electrons. The first kappa shape index (κ1) is 26.9. The summed E-state index contributed by atoms with van der Waals surface area (Å²) < 4.78 is 3.10. The van der Waals surface area contributed by atoms with Crippen LogP contribution in [0, 0.1) is 23.7 Å². The third-order valence-corrected chi connectivity index (χ3v) is 6.93. The fourth-order valence-electron chi connectivity index (χ4n) is 3.91. The standard InChI is InChI=1S/C26H50N2/c1-14-17-28(12,13)24(10)26(22(8)20(6)15-2)18-27(11)23(9)25(16-3)21(7)19(4)5/h18-21,25H,9-10,14-17H2,1-8,11-13H3/q+2. The molecule has 0 aliphatic carbocycles. The predicted molar refractivity (Wildman–Crippen MR) is 128 cm³/mol. The average molecular weight is 391 g/mol. The number of likely N-dealkylation sites (N-methyl/N-ethyl adjacent to an activating group) is 1. The van der Waals surface area contributed by atoms with Gasteiger partial charge in [-0.2, -0.15) is 0 Å². The Kier molecular flexibility index (Phi) is 11.3. The van der Waals surface area contributed by atoms with Gasteiger partial charge in [0.15, 0.2) is 11.9 Å². The van der Waals surface area contributed by atoms with Gasteiger partial charge in [-0.25, -0.2) is 4.58 Å². The Morgan fingerprint density at radius 3 is 1.93 bits per heavy atom. The molecule has 162 valence electrons. The van der Waals surface area contributed by atoms with E-state index in [-0.39, 0.29) is 0 Å². The molecule has 0 aliphatic rings. The first-order valence-electron chi connectivity index (χ1n) is 11.4. The Balaban J connectivity index is 6.20. The van der Waals surface area contributed by atoms with Crippen LogP contribution in [0.25, 0.3) is 0 Å². The molecule has 3 atom stereocenters. The van der Waals surface area contributed by atoms with Crippen molar-refractivity contribution in [1.82, 2.24) is 0 Å². The summed E-state index contributed by atoms with van der Waals surface area (Å²) in [4.78, 5) is 0. The van der Waals surface area contributed by atoms with Gasteiger partial charge in [-0.15, -0.1) is 0 Å². The van der Waals surface area contributed by atoms with Crippen LogP contribution in [0.15, 0.2) is 35.7 Å². The zero-order valence-electron chi connectivity index (χ0n) is 21.0. The molecule has 0 aromatic heterocycles. The lowest BCUT2D eigenvalue weighted by Gasteiger charge is -2.32. The lowest BCUT2D eigenvalue weighted by Crippen LogP contribution is -2.40. The normalized spacial score (nSPS) is 17.2. The fourth-order valence-corrected chi connectivity index (χ4v) is 3.91. The zero-order chi connectivity index (χ0) is 22.2. The predicted octanol–water partition coefficient (Wildman–Crippen LogP) is 6.89. The van der Waals surface area contributed by atoms with Crippen LogP contribution in [0.5, 0.6) is 0 Å². The van der Waals surface area contributed by atoms with E-state index < -0.39 is 0 Å². The number of hydrogen-bond acceptors (Lipinski definition) is 0. The van der Waals surface area contributed by atoms with Gasteiger partial charge in [0, 0.05) is 5.92 Å². The molecule has 0 aromatic carbocycles. The highest BCUT2D eigenvalue weighted by Gasteiger charge is 2.30. The maximum atomic E-state index is 4.55. The quantitative estimate of drug-likeness (QED) is 0.148. The third-order valence-electron chi connectivity index (χ3n) is 6.93. The second kappa shape index (κ2) is 11.8. The number of nitrogens with zero attached hydrogens (tertiary/aromatic N) is 2. The summed E-state index contributed by atoms with van der Waals surface area (Å²) in [5, 5.41) is 0. The van der Waals surface area contributed by atoms with Crippen LogP contribution >= 0.6 is 0 Å². The van der Waals surface area contributed by atoms with E-state index in [0.29, 0.717) is 23.7 Å². The van der Waals surface area contributed by atoms with Crippen LogP contribution < -0.4 is 0 Å². The van der Waals surface area contributed by atoms with Crippen molar-refractivity contribution in [2.45, 2.75) is 74.7 Å². The van der Waals surface area contributed by atoms with E-state index in [9.17, 15) is 0 Å². The number of allylic oxidation sites excluding steroid dienone is 3. The Bertz CT molecular complexity index is 590. The number of rotatable bonds is 12. The summed E-state index contributed by atoms with van der Waals surface area (Å²) in [6, 6.07) is 0. The van der Waals surface area contributed by atoms with E-state index >= 15 is 0 Å². The SMILES string of the molecule is C=C(C(CC)C(C)C(C)C)[N+](C)=CC(C(=C)[N+](C)(C)CCC)=C(C)C(C)CC. The molecule has 0 fully saturated rings. The van der Waals surface area contributed by atoms with E-state index in [2.05, 4.69) is 100 Å². The minimum absolute atomic E-state index is 0.498. The van der Waals surface area contributed by atoms with E-state index in [1.54, 1.807) is 0 Å². The first-order chi connectivity index (χ1) is 12.8. The summed E-state index contributed by atoms with van der Waals surface area (Å²) in [5.74, 6) is 2.31. The molecule has 28 heavy (non-hydrogen) atoms. The molecule has 0 aliphatic heterocycles. The van der Waals surface area contributed by atoms with Crippen molar-refractivity contribution in [3.63, 3.8) is 0 Å². The zero-order valence-corrected chi connectivity index (χ0v) is 21.0. The molecule has 0 rings (SSSR count). The van der Waals surface area contributed by atoms with Crippen LogP contribution in [0.3, 0.4) is 0 Å². The van der Waals surface area contributed by atoms with Gasteiger partial charge in [-0.3, -0.25) is 4.48 Å². The van der Waals surface area contributed by atoms with Gasteiger partial charge in [-0.1, -0.05) is 54.0 Å². The van der Waals surface area contributed by atoms with Gasteiger partial charge >= 0.3 is 0 Å². The molecule has 0 aromatic rings. The van der Waals surface area contributed by atoms with Crippen molar-refractivity contribution in [1.29, 1.82) is 0 Å². The topological polar surface area (TPSA) is 3.01 Å². The Morgan fingerprint density at radius 2 is 1.54 bits per heavy atom. The number of quaternary nitrogens is 1. The lowest BCUT2D eigenvalue weighted by molar-refractivity contribution is -0.849. The second-order valence-corrected chi connectivity index (χ2v) is 9.61. The molecule has 0 heterocycles. The molecule has 0 bridgehead atoms. The summed E-state index contributed by atoms with van der Waals surface area (Å²) in [5.41, 5.74) is 5.14. The maximum absolute atomic E-state index is 4.55. The first-order valence-corrected chi connectivity index (χ1v) is 11.4. The van der Waals surface area contributed by atoms with E-state index in [1.807, 2.05) is 0 Å². The Labute approximate surface area is 177 Å². The van der Waals surface area contributed by atoms with Gasteiger partial charge in [-0.05, 0) is 57.1 Å². The summed E-state index contributed by atoms with van der Waals surface area (Å²) in [7, 11) is 6.71. The molecule has 2 nitrogen and oxygen atoms in total. The highest BCUT2D eigenvalue weighted by Crippen LogP contribution is 2.30. The summed E-state index contributed by atoms with van der Waals surface area (Å²) in [6.07, 6.45) is 5.72. The molecule has 2 heteroatoms. The molecule has 3 unspecified atom stereocenters. The summed E-state index contributed by atoms with van der Waals surface area (Å²) in [6.45, 7) is 28.5. The monoisotopic (exact) mass is 390 g/mol. The van der Waals surface area contributed by atoms with Gasteiger partial charge in [0.2, 0.25) is 0 Å². The molecule has 0 saturated heterocycles. The van der Waals surface area contributed by atoms with E-state index in [1.165, 1.54) is 22.5 Å². The van der Waals surface area contributed by atoms with Gasteiger partial charge < -0.3 is 0 Å². The molecule has 0 spiro atoms. The minimum atomic E-state index is 0.498. The van der Waals surface area contributed by atoms with Gasteiger partial charge in [0.1, 0.15) is 12.7 Å². The van der Waals surface area contributed by atoms with Crippen molar-refractivity contribution in [2.24, 2.45) is 23.7 Å². The average Bonchev–Trinajstić information content (AvgIpc) is 2.64. The van der Waals surface area contributed by atoms with Crippen molar-refractivity contribution in [3.8, 4) is 0 Å². The van der Waals surface area contributed by atoms with Gasteiger partial charge in [0.05, 0.1) is 26.2 Å². The largest absolute Gasteiger partial charge is 0.296 e. The lowest BCUT2D eigenvalue weighted by atomic mass is 9.81. The Hall–Kier alpha value is -1.15. The molecular formula is C26H50N2+2. The van der Waals surface area contributed by atoms with Crippen molar-refractivity contribution < 1.29 is 9.06 Å². The van der Waals surface area contributed by atoms with Crippen LogP contribution in [-0.4, -0.2) is 43.0 Å². The smallest absolute Gasteiger partial charge is 0.181 e. The van der Waals surface area contributed by atoms with Crippen LogP contribution in [0.1, 0.15) is 74.7 Å². The number of hydrogen-bond donors (Lipinski definition) is 0. The fraction of sp³-hybridized carbons (Fsp3) is 0.731. The van der Waals surface area contributed by atoms with Crippen LogP contribution in [0.4, 0.5) is 0 Å². The summed E-state index contributed by atoms with van der Waals surface area (Å²) >= 11 is 0. The van der Waals surface area contributed by atoms with E-state index in [0.717, 1.165) is 30.3 Å². The molecule has 0 amide bonds. The van der Waals surface area contributed by atoms with Crippen LogP contribution in [0.2, 0.25) is 0 Å². The minimum Gasteiger partial charge on any atom is -0.296 e. The highest BCUT2D eigenvalue weighted by molar-refractivity contribution is 5.81.